The van der Waals surface area contributed by atoms with Gasteiger partial charge in [-0.1, -0.05) is 18.2 Å². The molecule has 9 heteroatoms. The minimum atomic E-state index is -3.95. The molecule has 0 amide bonds. The van der Waals surface area contributed by atoms with E-state index >= 15 is 0 Å². The van der Waals surface area contributed by atoms with Crippen LogP contribution in [0.2, 0.25) is 0 Å². The third-order valence-corrected chi connectivity index (χ3v) is 8.43. The Labute approximate surface area is 152 Å². The maximum absolute atomic E-state index is 12.6. The highest BCUT2D eigenvalue weighted by Crippen LogP contribution is 2.45. The van der Waals surface area contributed by atoms with E-state index in [1.165, 1.54) is 11.6 Å². The molecule has 0 spiro atoms. The fourth-order valence-electron chi connectivity index (χ4n) is 2.39. The first kappa shape index (κ1) is 16.2. The average molecular weight is 397 g/mol. The monoisotopic (exact) mass is 396 g/mol. The average Bonchev–Trinajstić information content (AvgIpc) is 3.26. The summed E-state index contributed by atoms with van der Waals surface area (Å²) >= 11 is 4.79. The first-order chi connectivity index (χ1) is 11.6. The number of benzene rings is 2. The number of fused-ring (bicyclic) bond motifs is 1. The number of aromatic nitrogens is 2. The van der Waals surface area contributed by atoms with Gasteiger partial charge in [-0.05, 0) is 29.8 Å². The fraction of sp³-hybridized carbons (Fsp3) is 0.200. The van der Waals surface area contributed by atoms with Crippen molar-refractivity contribution in [3.8, 4) is 5.75 Å². The summed E-state index contributed by atoms with van der Waals surface area (Å²) in [5, 5.41) is 0. The molecule has 124 valence electrons. The van der Waals surface area contributed by atoms with Crippen LogP contribution in [0.5, 0.6) is 5.75 Å². The number of hydrogen-bond donors (Lipinski definition) is 0. The van der Waals surface area contributed by atoms with Crippen molar-refractivity contribution < 1.29 is 12.6 Å². The maximum Gasteiger partial charge on any atom is 0.341 e. The van der Waals surface area contributed by atoms with Crippen LogP contribution in [0.3, 0.4) is 0 Å². The van der Waals surface area contributed by atoms with Gasteiger partial charge in [-0.25, -0.2) is 0 Å². The van der Waals surface area contributed by atoms with E-state index in [0.29, 0.717) is 21.4 Å². The zero-order chi connectivity index (χ0) is 16.6. The fourth-order valence-corrected chi connectivity index (χ4v) is 6.94. The Morgan fingerprint density at radius 2 is 1.75 bits per heavy atom. The van der Waals surface area contributed by atoms with Gasteiger partial charge in [0.05, 0.1) is 16.3 Å². The Morgan fingerprint density at radius 3 is 2.50 bits per heavy atom. The predicted octanol–water partition coefficient (Wildman–Crippen LogP) is 3.94. The van der Waals surface area contributed by atoms with Gasteiger partial charge in [-0.15, -0.1) is 23.5 Å². The predicted molar refractivity (Wildman–Crippen MR) is 99.3 cm³/mol. The molecule has 5 nitrogen and oxygen atoms in total. The summed E-state index contributed by atoms with van der Waals surface area (Å²) in [4.78, 5) is 0.0414. The van der Waals surface area contributed by atoms with Crippen LogP contribution in [-0.2, 0) is 10.1 Å². The minimum absolute atomic E-state index is 0.0414. The van der Waals surface area contributed by atoms with Crippen LogP contribution in [0.15, 0.2) is 47.4 Å². The molecule has 0 N–H and O–H groups in total. The van der Waals surface area contributed by atoms with Crippen LogP contribution in [0.1, 0.15) is 10.1 Å². The van der Waals surface area contributed by atoms with Gasteiger partial charge in [-0.2, -0.15) is 17.2 Å². The highest BCUT2D eigenvalue weighted by Gasteiger charge is 2.22. The summed E-state index contributed by atoms with van der Waals surface area (Å²) in [7, 11) is -3.95. The first-order valence-corrected chi connectivity index (χ1v) is 11.4. The summed E-state index contributed by atoms with van der Waals surface area (Å²) in [6.45, 7) is 0. The van der Waals surface area contributed by atoms with Gasteiger partial charge in [0.1, 0.15) is 21.7 Å². The summed E-state index contributed by atoms with van der Waals surface area (Å²) in [6.07, 6.45) is 0. The van der Waals surface area contributed by atoms with Crippen molar-refractivity contribution in [1.29, 1.82) is 0 Å². The second-order valence-corrected chi connectivity index (χ2v) is 9.84. The number of nitrogens with zero attached hydrogens (tertiary/aromatic N) is 2. The maximum atomic E-state index is 12.6. The number of thioether (sulfide) groups is 2. The molecule has 1 fully saturated rings. The quantitative estimate of drug-likeness (QED) is 0.619. The molecule has 1 aliphatic rings. The number of rotatable bonds is 4. The van der Waals surface area contributed by atoms with Crippen molar-refractivity contribution in [2.75, 3.05) is 11.5 Å². The van der Waals surface area contributed by atoms with Crippen LogP contribution >= 0.6 is 35.3 Å². The molecule has 4 rings (SSSR count). The lowest BCUT2D eigenvalue weighted by Gasteiger charge is -2.10. The Bertz CT molecular complexity index is 964. The van der Waals surface area contributed by atoms with E-state index in [0.717, 1.165) is 23.2 Å². The summed E-state index contributed by atoms with van der Waals surface area (Å²) in [5.41, 5.74) is 2.08. The summed E-state index contributed by atoms with van der Waals surface area (Å²) < 4.78 is 38.9. The third-order valence-electron chi connectivity index (χ3n) is 3.50. The van der Waals surface area contributed by atoms with E-state index in [2.05, 4.69) is 8.75 Å². The molecular weight excluding hydrogens is 384 g/mol. The summed E-state index contributed by atoms with van der Waals surface area (Å²) in [5.74, 6) is 2.59. The Balaban J connectivity index is 1.60. The molecule has 0 radical (unpaired) electrons. The van der Waals surface area contributed by atoms with E-state index in [1.807, 2.05) is 35.7 Å². The lowest BCUT2D eigenvalue weighted by atomic mass is 10.2. The molecule has 0 saturated carbocycles. The zero-order valence-corrected chi connectivity index (χ0v) is 15.6. The lowest BCUT2D eigenvalue weighted by Crippen LogP contribution is -2.10. The topological polar surface area (TPSA) is 69.2 Å². The van der Waals surface area contributed by atoms with Crippen molar-refractivity contribution in [2.45, 2.75) is 9.48 Å². The second kappa shape index (κ2) is 6.55. The molecule has 1 saturated heterocycles. The zero-order valence-electron chi connectivity index (χ0n) is 12.3. The molecule has 2 heterocycles. The third kappa shape index (κ3) is 3.13. The van der Waals surface area contributed by atoms with Gasteiger partial charge in [0.2, 0.25) is 0 Å². The highest BCUT2D eigenvalue weighted by molar-refractivity contribution is 8.19. The molecule has 1 aliphatic heterocycles. The molecule has 0 unspecified atom stereocenters. The van der Waals surface area contributed by atoms with Crippen LogP contribution in [0, 0.1) is 0 Å². The smallest absolute Gasteiger partial charge is 0.341 e. The van der Waals surface area contributed by atoms with Crippen LogP contribution in [0.25, 0.3) is 11.0 Å². The van der Waals surface area contributed by atoms with Crippen LogP contribution in [0.4, 0.5) is 0 Å². The van der Waals surface area contributed by atoms with Gasteiger partial charge in [0, 0.05) is 11.5 Å². The van der Waals surface area contributed by atoms with Gasteiger partial charge in [0.15, 0.2) is 0 Å². The van der Waals surface area contributed by atoms with E-state index < -0.39 is 10.1 Å². The Hall–Kier alpha value is -1.29. The van der Waals surface area contributed by atoms with Crippen molar-refractivity contribution in [1.82, 2.24) is 8.75 Å². The number of hydrogen-bond acceptors (Lipinski definition) is 8. The van der Waals surface area contributed by atoms with Crippen molar-refractivity contribution >= 4 is 56.4 Å². The summed E-state index contributed by atoms with van der Waals surface area (Å²) in [6, 6.07) is 12.1. The highest BCUT2D eigenvalue weighted by atomic mass is 32.2. The van der Waals surface area contributed by atoms with E-state index in [9.17, 15) is 8.42 Å². The SMILES string of the molecule is O=S(=O)(Oc1ccc(C2SCCS2)cc1)c1cccc2nsnc12. The van der Waals surface area contributed by atoms with E-state index in [-0.39, 0.29) is 4.90 Å². The molecule has 1 aromatic heterocycles. The van der Waals surface area contributed by atoms with Crippen molar-refractivity contribution in [3.05, 3.63) is 48.0 Å². The largest absolute Gasteiger partial charge is 0.379 e. The van der Waals surface area contributed by atoms with Crippen LogP contribution in [-0.4, -0.2) is 28.7 Å². The Kier molecular flexibility index (Phi) is 4.42. The Morgan fingerprint density at radius 1 is 1.00 bits per heavy atom. The first-order valence-electron chi connectivity index (χ1n) is 7.12. The standard InChI is InChI=1S/C15H12N2O3S4/c18-24(19,13-3-1-2-12-14(13)17-23-16-12)20-11-6-4-10(5-7-11)15-21-8-9-22-15/h1-7,15H,8-9H2. The molecule has 0 atom stereocenters. The minimum Gasteiger partial charge on any atom is -0.379 e. The van der Waals surface area contributed by atoms with E-state index in [4.69, 9.17) is 4.18 Å². The molecule has 2 aromatic carbocycles. The normalized spacial score (nSPS) is 15.8. The van der Waals surface area contributed by atoms with E-state index in [1.54, 1.807) is 24.3 Å². The molecule has 24 heavy (non-hydrogen) atoms. The molecular formula is C15H12N2O3S4. The van der Waals surface area contributed by atoms with Gasteiger partial charge in [-0.3, -0.25) is 0 Å². The van der Waals surface area contributed by atoms with Gasteiger partial charge >= 0.3 is 10.1 Å². The molecule has 0 bridgehead atoms. The molecule has 0 aliphatic carbocycles. The van der Waals surface area contributed by atoms with Gasteiger partial charge < -0.3 is 4.18 Å². The van der Waals surface area contributed by atoms with Crippen molar-refractivity contribution in [3.63, 3.8) is 0 Å². The molecule has 3 aromatic rings. The lowest BCUT2D eigenvalue weighted by molar-refractivity contribution is 0.487. The van der Waals surface area contributed by atoms with Crippen LogP contribution < -0.4 is 4.18 Å². The van der Waals surface area contributed by atoms with Gasteiger partial charge in [0.25, 0.3) is 0 Å². The second-order valence-electron chi connectivity index (χ2n) is 5.07. The van der Waals surface area contributed by atoms with Crippen molar-refractivity contribution in [2.24, 2.45) is 0 Å².